The van der Waals surface area contributed by atoms with Crippen molar-refractivity contribution in [3.05, 3.63) is 23.9 Å². The number of amides is 2. The molecule has 1 saturated carbocycles. The Morgan fingerprint density at radius 2 is 2.18 bits per heavy atom. The quantitative estimate of drug-likeness (QED) is 0.664. The zero-order valence-electron chi connectivity index (χ0n) is 9.27. The third-order valence-corrected chi connectivity index (χ3v) is 2.40. The normalized spacial score (nSPS) is 14.1. The molecule has 1 heterocycles. The number of pyridine rings is 1. The molecular weight excluding hydrogens is 220 g/mol. The molecule has 0 spiro atoms. The summed E-state index contributed by atoms with van der Waals surface area (Å²) < 4.78 is 0. The van der Waals surface area contributed by atoms with Gasteiger partial charge in [0.15, 0.2) is 0 Å². The number of nitrogens with one attached hydrogen (secondary N) is 2. The van der Waals surface area contributed by atoms with Crippen LogP contribution in [0.15, 0.2) is 18.3 Å². The first-order valence-electron chi connectivity index (χ1n) is 5.44. The highest BCUT2D eigenvalue weighted by molar-refractivity contribution is 5.96. The average molecular weight is 234 g/mol. The van der Waals surface area contributed by atoms with Gasteiger partial charge in [-0.15, -0.1) is 0 Å². The molecule has 1 fully saturated rings. The van der Waals surface area contributed by atoms with Gasteiger partial charge in [-0.2, -0.15) is 0 Å². The maximum Gasteiger partial charge on any atom is 0.253 e. The van der Waals surface area contributed by atoms with E-state index in [1.54, 1.807) is 12.1 Å². The average Bonchev–Trinajstić information content (AvgIpc) is 3.11. The van der Waals surface area contributed by atoms with Crippen molar-refractivity contribution in [3.63, 3.8) is 0 Å². The van der Waals surface area contributed by atoms with Crippen molar-refractivity contribution in [3.8, 4) is 0 Å². The lowest BCUT2D eigenvalue weighted by molar-refractivity contribution is -0.120. The summed E-state index contributed by atoms with van der Waals surface area (Å²) in [6.07, 6.45) is 3.44. The zero-order chi connectivity index (χ0) is 12.3. The first-order valence-corrected chi connectivity index (χ1v) is 5.44. The molecule has 1 aromatic rings. The van der Waals surface area contributed by atoms with Crippen molar-refractivity contribution in [1.29, 1.82) is 0 Å². The van der Waals surface area contributed by atoms with Crippen LogP contribution in [-0.4, -0.2) is 29.4 Å². The summed E-state index contributed by atoms with van der Waals surface area (Å²) in [5, 5.41) is 5.30. The first-order chi connectivity index (χ1) is 8.15. The minimum absolute atomic E-state index is 0.0142. The third-order valence-electron chi connectivity index (χ3n) is 2.40. The van der Waals surface area contributed by atoms with Crippen LogP contribution in [-0.2, 0) is 4.79 Å². The molecule has 0 bridgehead atoms. The second kappa shape index (κ2) is 4.82. The van der Waals surface area contributed by atoms with E-state index in [1.165, 1.54) is 6.20 Å². The molecule has 0 saturated heterocycles. The first kappa shape index (κ1) is 11.4. The Hall–Kier alpha value is -2.11. The van der Waals surface area contributed by atoms with Crippen LogP contribution in [0.3, 0.4) is 0 Å². The Morgan fingerprint density at radius 1 is 1.41 bits per heavy atom. The lowest BCUT2D eigenvalue weighted by atomic mass is 10.2. The number of aromatic nitrogens is 1. The Bertz CT molecular complexity index is 426. The predicted octanol–water partition coefficient (Wildman–Crippen LogP) is -0.328. The van der Waals surface area contributed by atoms with E-state index in [4.69, 9.17) is 5.73 Å². The number of nitrogens with zero attached hydrogens (tertiary/aromatic N) is 1. The van der Waals surface area contributed by atoms with Gasteiger partial charge < -0.3 is 16.4 Å². The van der Waals surface area contributed by atoms with E-state index in [1.807, 2.05) is 0 Å². The summed E-state index contributed by atoms with van der Waals surface area (Å²) >= 11 is 0. The number of anilines is 1. The van der Waals surface area contributed by atoms with Crippen molar-refractivity contribution in [2.24, 2.45) is 0 Å². The number of hydrogen-bond acceptors (Lipinski definition) is 4. The van der Waals surface area contributed by atoms with E-state index >= 15 is 0 Å². The molecule has 0 aromatic carbocycles. The van der Waals surface area contributed by atoms with Crippen molar-refractivity contribution in [2.75, 3.05) is 12.3 Å². The Labute approximate surface area is 98.6 Å². The molecule has 6 heteroatoms. The van der Waals surface area contributed by atoms with E-state index in [0.29, 0.717) is 17.4 Å². The molecule has 4 N–H and O–H groups in total. The van der Waals surface area contributed by atoms with E-state index < -0.39 is 0 Å². The minimum Gasteiger partial charge on any atom is -0.384 e. The lowest BCUT2D eigenvalue weighted by Crippen LogP contribution is -2.37. The molecule has 0 atom stereocenters. The summed E-state index contributed by atoms with van der Waals surface area (Å²) in [4.78, 5) is 26.7. The second-order valence-corrected chi connectivity index (χ2v) is 4.00. The molecule has 0 radical (unpaired) electrons. The van der Waals surface area contributed by atoms with Crippen molar-refractivity contribution < 1.29 is 9.59 Å². The highest BCUT2D eigenvalue weighted by Crippen LogP contribution is 2.18. The van der Waals surface area contributed by atoms with Crippen LogP contribution in [0, 0.1) is 0 Å². The monoisotopic (exact) mass is 234 g/mol. The van der Waals surface area contributed by atoms with E-state index in [0.717, 1.165) is 12.8 Å². The lowest BCUT2D eigenvalue weighted by Gasteiger charge is -2.05. The van der Waals surface area contributed by atoms with Crippen LogP contribution >= 0.6 is 0 Å². The van der Waals surface area contributed by atoms with Crippen LogP contribution in [0.2, 0.25) is 0 Å². The fourth-order valence-electron chi connectivity index (χ4n) is 1.31. The molecule has 1 aliphatic rings. The summed E-state index contributed by atoms with van der Waals surface area (Å²) in [5.41, 5.74) is 5.79. The Kier molecular flexibility index (Phi) is 3.22. The molecule has 17 heavy (non-hydrogen) atoms. The van der Waals surface area contributed by atoms with Crippen molar-refractivity contribution >= 4 is 17.6 Å². The van der Waals surface area contributed by atoms with Gasteiger partial charge in [0.25, 0.3) is 5.91 Å². The molecule has 1 aliphatic carbocycles. The van der Waals surface area contributed by atoms with Crippen LogP contribution < -0.4 is 16.4 Å². The van der Waals surface area contributed by atoms with Gasteiger partial charge in [0, 0.05) is 12.2 Å². The van der Waals surface area contributed by atoms with Crippen molar-refractivity contribution in [2.45, 2.75) is 18.9 Å². The highest BCUT2D eigenvalue weighted by Gasteiger charge is 2.23. The molecular formula is C11H14N4O2. The number of rotatable bonds is 4. The van der Waals surface area contributed by atoms with Gasteiger partial charge in [-0.3, -0.25) is 9.59 Å². The van der Waals surface area contributed by atoms with Crippen LogP contribution in [0.1, 0.15) is 23.2 Å². The van der Waals surface area contributed by atoms with Crippen LogP contribution in [0.25, 0.3) is 0 Å². The van der Waals surface area contributed by atoms with Gasteiger partial charge in [-0.1, -0.05) is 0 Å². The molecule has 0 unspecified atom stereocenters. The topological polar surface area (TPSA) is 97.1 Å². The molecule has 6 nitrogen and oxygen atoms in total. The third kappa shape index (κ3) is 3.44. The SMILES string of the molecule is Nc1ccc(C(=O)NCC(=O)NC2CC2)cn1. The summed E-state index contributed by atoms with van der Waals surface area (Å²) in [6.45, 7) is -0.0142. The smallest absolute Gasteiger partial charge is 0.253 e. The summed E-state index contributed by atoms with van der Waals surface area (Å²) in [5.74, 6) is -0.138. The van der Waals surface area contributed by atoms with E-state index in [-0.39, 0.29) is 18.4 Å². The number of carbonyl (C=O) groups excluding carboxylic acids is 2. The Balaban J connectivity index is 1.79. The number of nitrogen functional groups attached to an aromatic ring is 1. The fraction of sp³-hybridized carbons (Fsp3) is 0.364. The van der Waals surface area contributed by atoms with Gasteiger partial charge >= 0.3 is 0 Å². The largest absolute Gasteiger partial charge is 0.384 e. The van der Waals surface area contributed by atoms with Crippen LogP contribution in [0.5, 0.6) is 0 Å². The highest BCUT2D eigenvalue weighted by atomic mass is 16.2. The fourth-order valence-corrected chi connectivity index (χ4v) is 1.31. The molecule has 2 amide bonds. The molecule has 2 rings (SSSR count). The molecule has 90 valence electrons. The van der Waals surface area contributed by atoms with E-state index in [9.17, 15) is 9.59 Å². The van der Waals surface area contributed by atoms with Gasteiger partial charge in [-0.05, 0) is 25.0 Å². The Morgan fingerprint density at radius 3 is 2.76 bits per heavy atom. The number of carbonyl (C=O) groups is 2. The maximum absolute atomic E-state index is 11.6. The minimum atomic E-state index is -0.330. The van der Waals surface area contributed by atoms with Gasteiger partial charge in [-0.25, -0.2) is 4.98 Å². The second-order valence-electron chi connectivity index (χ2n) is 4.00. The van der Waals surface area contributed by atoms with Gasteiger partial charge in [0.2, 0.25) is 5.91 Å². The zero-order valence-corrected chi connectivity index (χ0v) is 9.27. The van der Waals surface area contributed by atoms with Crippen LogP contribution in [0.4, 0.5) is 5.82 Å². The summed E-state index contributed by atoms with van der Waals surface area (Å²) in [7, 11) is 0. The van der Waals surface area contributed by atoms with Crippen molar-refractivity contribution in [1.82, 2.24) is 15.6 Å². The molecule has 1 aromatic heterocycles. The maximum atomic E-state index is 11.6. The number of nitrogens with two attached hydrogens (primary N) is 1. The predicted molar refractivity (Wildman–Crippen MR) is 62.1 cm³/mol. The van der Waals surface area contributed by atoms with Gasteiger partial charge in [0.05, 0.1) is 12.1 Å². The van der Waals surface area contributed by atoms with E-state index in [2.05, 4.69) is 15.6 Å². The van der Waals surface area contributed by atoms with Gasteiger partial charge in [0.1, 0.15) is 5.82 Å². The summed E-state index contributed by atoms with van der Waals surface area (Å²) in [6, 6.07) is 3.41. The number of hydrogen-bond donors (Lipinski definition) is 3. The molecule has 0 aliphatic heterocycles. The standard InChI is InChI=1S/C11H14N4O2/c12-9-4-1-7(5-13-9)11(17)14-6-10(16)15-8-2-3-8/h1,4-5,8H,2-3,6H2,(H2,12,13)(H,14,17)(H,15,16).